The molecule has 0 spiro atoms. The summed E-state index contributed by atoms with van der Waals surface area (Å²) >= 11 is 0. The second-order valence-electron chi connectivity index (χ2n) is 8.37. The minimum absolute atomic E-state index is 0.0636. The Balaban J connectivity index is 1.27. The van der Waals surface area contributed by atoms with Crippen molar-refractivity contribution in [2.24, 2.45) is 5.92 Å². The molecule has 2 saturated heterocycles. The van der Waals surface area contributed by atoms with Gasteiger partial charge in [0.05, 0.1) is 5.92 Å². The highest BCUT2D eigenvalue weighted by Gasteiger charge is 2.32. The minimum Gasteiger partial charge on any atom is -0.383 e. The third kappa shape index (κ3) is 4.87. The Kier molecular flexibility index (Phi) is 6.42. The minimum atomic E-state index is 0.0636. The van der Waals surface area contributed by atoms with E-state index in [-0.39, 0.29) is 11.8 Å². The number of anilines is 2. The molecule has 2 aliphatic rings. The lowest BCUT2D eigenvalue weighted by Gasteiger charge is -2.42. The molecule has 2 aromatic rings. The van der Waals surface area contributed by atoms with Gasteiger partial charge in [0, 0.05) is 56.4 Å². The first-order valence-corrected chi connectivity index (χ1v) is 10.8. The highest BCUT2D eigenvalue weighted by Crippen LogP contribution is 2.26. The van der Waals surface area contributed by atoms with Crippen molar-refractivity contribution in [3.63, 3.8) is 0 Å². The van der Waals surface area contributed by atoms with Crippen LogP contribution in [-0.2, 0) is 11.3 Å². The van der Waals surface area contributed by atoms with Gasteiger partial charge in [-0.05, 0) is 50.8 Å². The summed E-state index contributed by atoms with van der Waals surface area (Å²) < 4.78 is 0. The molecule has 8 heteroatoms. The number of hydrogen-bond acceptors (Lipinski definition) is 7. The number of hydrogen-bond donors (Lipinski definition) is 2. The summed E-state index contributed by atoms with van der Waals surface area (Å²) in [5.74, 6) is 1.50. The van der Waals surface area contributed by atoms with Gasteiger partial charge in [-0.15, -0.1) is 0 Å². The molecule has 4 rings (SSSR count). The summed E-state index contributed by atoms with van der Waals surface area (Å²) in [7, 11) is 0. The van der Waals surface area contributed by atoms with E-state index in [0.29, 0.717) is 18.4 Å². The number of amides is 1. The summed E-state index contributed by atoms with van der Waals surface area (Å²) in [6, 6.07) is 4.39. The fourth-order valence-electron chi connectivity index (χ4n) is 4.42. The van der Waals surface area contributed by atoms with Crippen LogP contribution in [0.25, 0.3) is 0 Å². The van der Waals surface area contributed by atoms with E-state index >= 15 is 0 Å². The van der Waals surface area contributed by atoms with Gasteiger partial charge in [0.1, 0.15) is 5.82 Å². The van der Waals surface area contributed by atoms with Crippen molar-refractivity contribution < 1.29 is 4.79 Å². The number of nitrogen functional groups attached to an aromatic ring is 1. The van der Waals surface area contributed by atoms with Crippen LogP contribution < -0.4 is 16.0 Å². The SMILES string of the molecule is Cc1cnc(N2CCC(N3CCC[C@@H](C(=O)NCc4cccnc4)C3)CC2)nc1N. The highest BCUT2D eigenvalue weighted by molar-refractivity contribution is 5.78. The Morgan fingerprint density at radius 1 is 1.23 bits per heavy atom. The number of nitrogens with one attached hydrogen (secondary N) is 1. The van der Waals surface area contributed by atoms with Gasteiger partial charge in [0.2, 0.25) is 11.9 Å². The highest BCUT2D eigenvalue weighted by atomic mass is 16.1. The quantitative estimate of drug-likeness (QED) is 0.776. The third-order valence-corrected chi connectivity index (χ3v) is 6.28. The number of likely N-dealkylation sites (tertiary alicyclic amines) is 1. The maximum Gasteiger partial charge on any atom is 0.227 e. The largest absolute Gasteiger partial charge is 0.383 e. The summed E-state index contributed by atoms with van der Waals surface area (Å²) in [5, 5.41) is 3.09. The maximum absolute atomic E-state index is 12.7. The normalized spacial score (nSPS) is 20.8. The van der Waals surface area contributed by atoms with Gasteiger partial charge in [0.15, 0.2) is 0 Å². The van der Waals surface area contributed by atoms with Crippen molar-refractivity contribution in [3.8, 4) is 0 Å². The molecule has 0 radical (unpaired) electrons. The van der Waals surface area contributed by atoms with Crippen molar-refractivity contribution in [2.45, 2.75) is 45.2 Å². The first-order chi connectivity index (χ1) is 14.6. The van der Waals surface area contributed by atoms with Crippen molar-refractivity contribution in [3.05, 3.63) is 41.9 Å². The maximum atomic E-state index is 12.7. The molecule has 1 atom stereocenters. The molecule has 4 heterocycles. The van der Waals surface area contributed by atoms with Crippen LogP contribution in [0.5, 0.6) is 0 Å². The van der Waals surface area contributed by atoms with E-state index in [9.17, 15) is 4.79 Å². The summed E-state index contributed by atoms with van der Waals surface area (Å²) in [4.78, 5) is 30.4. The smallest absolute Gasteiger partial charge is 0.227 e. The average molecular weight is 410 g/mol. The van der Waals surface area contributed by atoms with Gasteiger partial charge < -0.3 is 16.0 Å². The van der Waals surface area contributed by atoms with Gasteiger partial charge >= 0.3 is 0 Å². The molecule has 0 aromatic carbocycles. The lowest BCUT2D eigenvalue weighted by Crippen LogP contribution is -2.51. The zero-order valence-electron chi connectivity index (χ0n) is 17.6. The monoisotopic (exact) mass is 409 g/mol. The second kappa shape index (κ2) is 9.38. The first kappa shape index (κ1) is 20.5. The first-order valence-electron chi connectivity index (χ1n) is 10.8. The summed E-state index contributed by atoms with van der Waals surface area (Å²) in [6.45, 7) is 6.22. The zero-order valence-corrected chi connectivity index (χ0v) is 17.6. The van der Waals surface area contributed by atoms with E-state index in [1.54, 1.807) is 18.6 Å². The van der Waals surface area contributed by atoms with E-state index in [1.807, 2.05) is 19.1 Å². The molecule has 2 fully saturated rings. The Hall–Kier alpha value is -2.74. The predicted molar refractivity (Wildman–Crippen MR) is 117 cm³/mol. The van der Waals surface area contributed by atoms with Gasteiger partial charge in [-0.1, -0.05) is 6.07 Å². The molecular weight excluding hydrogens is 378 g/mol. The van der Waals surface area contributed by atoms with Crippen molar-refractivity contribution in [1.29, 1.82) is 0 Å². The van der Waals surface area contributed by atoms with Gasteiger partial charge in [-0.3, -0.25) is 14.7 Å². The van der Waals surface area contributed by atoms with Gasteiger partial charge in [0.25, 0.3) is 0 Å². The number of pyridine rings is 1. The molecule has 160 valence electrons. The van der Waals surface area contributed by atoms with E-state index < -0.39 is 0 Å². The summed E-state index contributed by atoms with van der Waals surface area (Å²) in [5.41, 5.74) is 7.89. The third-order valence-electron chi connectivity index (χ3n) is 6.28. The molecule has 3 N–H and O–H groups in total. The molecule has 2 aliphatic heterocycles. The number of rotatable bonds is 5. The Morgan fingerprint density at radius 2 is 2.07 bits per heavy atom. The Morgan fingerprint density at radius 3 is 2.80 bits per heavy atom. The number of nitrogens with two attached hydrogens (primary N) is 1. The van der Waals surface area contributed by atoms with E-state index in [2.05, 4.69) is 30.1 Å². The van der Waals surface area contributed by atoms with Crippen molar-refractivity contribution in [1.82, 2.24) is 25.2 Å². The van der Waals surface area contributed by atoms with Crippen LogP contribution in [-0.4, -0.2) is 58.0 Å². The van der Waals surface area contributed by atoms with E-state index in [4.69, 9.17) is 5.73 Å². The standard InChI is InChI=1S/C22H31N7O/c1-16-12-26-22(27-20(16)23)28-10-6-19(7-11-28)29-9-3-5-18(15-29)21(30)25-14-17-4-2-8-24-13-17/h2,4,8,12-13,18-19H,3,5-7,9-11,14-15H2,1H3,(H,25,30)(H2,23,26,27)/t18-/m1/s1. The van der Waals surface area contributed by atoms with Crippen molar-refractivity contribution in [2.75, 3.05) is 36.8 Å². The summed E-state index contributed by atoms with van der Waals surface area (Å²) in [6.07, 6.45) is 9.49. The van der Waals surface area contributed by atoms with Crippen LogP contribution >= 0.6 is 0 Å². The molecular formula is C22H31N7O. The fourth-order valence-corrected chi connectivity index (χ4v) is 4.42. The van der Waals surface area contributed by atoms with Crippen LogP contribution in [0.15, 0.2) is 30.7 Å². The number of piperidine rings is 2. The molecule has 8 nitrogen and oxygen atoms in total. The van der Waals surface area contributed by atoms with E-state index in [0.717, 1.165) is 68.9 Å². The van der Waals surface area contributed by atoms with Crippen LogP contribution in [0.4, 0.5) is 11.8 Å². The van der Waals surface area contributed by atoms with Gasteiger partial charge in [-0.25, -0.2) is 4.98 Å². The van der Waals surface area contributed by atoms with Gasteiger partial charge in [-0.2, -0.15) is 4.98 Å². The average Bonchev–Trinajstić information content (AvgIpc) is 2.80. The molecule has 0 aliphatic carbocycles. The van der Waals surface area contributed by atoms with Crippen LogP contribution in [0.3, 0.4) is 0 Å². The van der Waals surface area contributed by atoms with Crippen LogP contribution in [0.2, 0.25) is 0 Å². The predicted octanol–water partition coefficient (Wildman–Crippen LogP) is 1.76. The molecule has 0 saturated carbocycles. The lowest BCUT2D eigenvalue weighted by molar-refractivity contribution is -0.127. The topological polar surface area (TPSA) is 100 Å². The number of aryl methyl sites for hydroxylation is 1. The van der Waals surface area contributed by atoms with Crippen LogP contribution in [0, 0.1) is 12.8 Å². The number of carbonyl (C=O) groups is 1. The molecule has 1 amide bonds. The molecule has 0 bridgehead atoms. The molecule has 0 unspecified atom stereocenters. The van der Waals surface area contributed by atoms with Crippen molar-refractivity contribution >= 4 is 17.7 Å². The lowest BCUT2D eigenvalue weighted by atomic mass is 9.93. The van der Waals surface area contributed by atoms with Crippen LogP contribution in [0.1, 0.15) is 36.8 Å². The number of nitrogens with zero attached hydrogens (tertiary/aromatic N) is 5. The number of aromatic nitrogens is 3. The van der Waals surface area contributed by atoms with E-state index in [1.165, 1.54) is 0 Å². The Bertz CT molecular complexity index is 852. The zero-order chi connectivity index (χ0) is 20.9. The molecule has 30 heavy (non-hydrogen) atoms. The fraction of sp³-hybridized carbons (Fsp3) is 0.545. The number of carbonyl (C=O) groups excluding carboxylic acids is 1. The Labute approximate surface area is 177 Å². The molecule has 2 aromatic heterocycles. The second-order valence-corrected chi connectivity index (χ2v) is 8.37.